The molecule has 1 fully saturated rings. The van der Waals surface area contributed by atoms with Crippen molar-refractivity contribution in [2.45, 2.75) is 37.6 Å². The Labute approximate surface area is 65.4 Å². The Morgan fingerprint density at radius 1 is 1.40 bits per heavy atom. The third-order valence-corrected chi connectivity index (χ3v) is 1.68. The summed E-state index contributed by atoms with van der Waals surface area (Å²) in [7, 11) is 0. The van der Waals surface area contributed by atoms with Crippen LogP contribution < -0.4 is 5.73 Å². The van der Waals surface area contributed by atoms with E-state index in [1.165, 1.54) is 0 Å². The Kier molecular flexibility index (Phi) is 3.52. The molecule has 0 aromatic rings. The van der Waals surface area contributed by atoms with Gasteiger partial charge in [-0.05, 0) is 12.8 Å². The van der Waals surface area contributed by atoms with E-state index >= 15 is 0 Å². The monoisotopic (exact) mass is 171 g/mol. The average molecular weight is 172 g/mol. The van der Waals surface area contributed by atoms with Gasteiger partial charge >= 0.3 is 0 Å². The van der Waals surface area contributed by atoms with E-state index in [0.717, 1.165) is 6.42 Å². The van der Waals surface area contributed by atoms with Gasteiger partial charge in [0.05, 0.1) is 0 Å². The average Bonchev–Trinajstić information content (AvgIpc) is 1.60. The van der Waals surface area contributed by atoms with Crippen molar-refractivity contribution >= 4 is 12.4 Å². The molecule has 1 atom stereocenters. The van der Waals surface area contributed by atoms with E-state index in [2.05, 4.69) is 0 Å². The molecule has 4 heteroatoms. The zero-order chi connectivity index (χ0) is 6.91. The van der Waals surface area contributed by atoms with Gasteiger partial charge in [0.25, 0.3) is 0 Å². The number of alkyl halides is 2. The van der Waals surface area contributed by atoms with Gasteiger partial charge in [-0.1, -0.05) is 0 Å². The van der Waals surface area contributed by atoms with Crippen LogP contribution in [0.4, 0.5) is 8.78 Å². The molecule has 1 aliphatic carbocycles. The van der Waals surface area contributed by atoms with Gasteiger partial charge in [0.1, 0.15) is 0 Å². The fourth-order valence-electron chi connectivity index (χ4n) is 1.21. The lowest BCUT2D eigenvalue weighted by Crippen LogP contribution is -2.34. The maximum absolute atomic E-state index is 12.4. The smallest absolute Gasteiger partial charge is 0.249 e. The van der Waals surface area contributed by atoms with Gasteiger partial charge in [-0.3, -0.25) is 0 Å². The van der Waals surface area contributed by atoms with Gasteiger partial charge in [-0.15, -0.1) is 12.4 Å². The highest BCUT2D eigenvalue weighted by Crippen LogP contribution is 2.31. The van der Waals surface area contributed by atoms with Crippen molar-refractivity contribution in [1.82, 2.24) is 0 Å². The lowest BCUT2D eigenvalue weighted by Gasteiger charge is -2.25. The summed E-state index contributed by atoms with van der Waals surface area (Å²) in [6.45, 7) is 0. The van der Waals surface area contributed by atoms with Crippen LogP contribution in [0.15, 0.2) is 0 Å². The molecule has 0 aromatic carbocycles. The Morgan fingerprint density at radius 3 is 2.30 bits per heavy atom. The van der Waals surface area contributed by atoms with E-state index in [-0.39, 0.29) is 31.3 Å². The van der Waals surface area contributed by atoms with Crippen molar-refractivity contribution in [3.8, 4) is 0 Å². The molecule has 0 bridgehead atoms. The fourth-order valence-corrected chi connectivity index (χ4v) is 1.21. The molecule has 0 aromatic heterocycles. The van der Waals surface area contributed by atoms with Crippen LogP contribution in [0.5, 0.6) is 0 Å². The standard InChI is InChI=1S/C6H11F2N.ClH/c7-6(8)3-1-2-5(9)4-6;/h5H,1-4,9H2;1H/t5-;/m1./s1. The van der Waals surface area contributed by atoms with Gasteiger partial charge < -0.3 is 5.73 Å². The van der Waals surface area contributed by atoms with Crippen LogP contribution in [0, 0.1) is 0 Å². The van der Waals surface area contributed by atoms with Crippen LogP contribution in [0.3, 0.4) is 0 Å². The largest absolute Gasteiger partial charge is 0.327 e. The fraction of sp³-hybridized carbons (Fsp3) is 1.00. The Morgan fingerprint density at radius 2 is 2.00 bits per heavy atom. The normalized spacial score (nSPS) is 30.9. The molecule has 0 saturated heterocycles. The van der Waals surface area contributed by atoms with Crippen molar-refractivity contribution in [3.05, 3.63) is 0 Å². The zero-order valence-corrected chi connectivity index (χ0v) is 6.46. The van der Waals surface area contributed by atoms with E-state index in [9.17, 15) is 8.78 Å². The SMILES string of the molecule is Cl.N[C@@H]1CCCC(F)(F)C1. The van der Waals surface area contributed by atoms with E-state index in [1.54, 1.807) is 0 Å². The molecular formula is C6H12ClF2N. The van der Waals surface area contributed by atoms with Crippen molar-refractivity contribution in [2.24, 2.45) is 5.73 Å². The number of hydrogen-bond acceptors (Lipinski definition) is 1. The second-order valence-corrected chi connectivity index (χ2v) is 2.71. The first-order valence-corrected chi connectivity index (χ1v) is 3.23. The van der Waals surface area contributed by atoms with E-state index < -0.39 is 5.92 Å². The molecule has 0 heterocycles. The zero-order valence-electron chi connectivity index (χ0n) is 5.65. The van der Waals surface area contributed by atoms with Gasteiger partial charge in [0, 0.05) is 18.9 Å². The van der Waals surface area contributed by atoms with E-state index in [1.807, 2.05) is 0 Å². The Balaban J connectivity index is 0.000000810. The highest BCUT2D eigenvalue weighted by Gasteiger charge is 2.34. The molecule has 10 heavy (non-hydrogen) atoms. The maximum Gasteiger partial charge on any atom is 0.249 e. The predicted octanol–water partition coefficient (Wildman–Crippen LogP) is 1.94. The summed E-state index contributed by atoms with van der Waals surface area (Å²) < 4.78 is 24.7. The number of hydrogen-bond donors (Lipinski definition) is 1. The van der Waals surface area contributed by atoms with Crippen LogP contribution in [-0.4, -0.2) is 12.0 Å². The van der Waals surface area contributed by atoms with Gasteiger partial charge in [0.2, 0.25) is 5.92 Å². The molecule has 1 saturated carbocycles. The molecule has 0 aliphatic heterocycles. The molecule has 1 aliphatic rings. The molecule has 1 rings (SSSR count). The third-order valence-electron chi connectivity index (χ3n) is 1.68. The molecule has 0 radical (unpaired) electrons. The molecule has 62 valence electrons. The Hall–Kier alpha value is 0.110. The van der Waals surface area contributed by atoms with Crippen molar-refractivity contribution < 1.29 is 8.78 Å². The molecule has 2 N–H and O–H groups in total. The second-order valence-electron chi connectivity index (χ2n) is 2.71. The number of nitrogens with two attached hydrogens (primary N) is 1. The first-order valence-electron chi connectivity index (χ1n) is 3.23. The topological polar surface area (TPSA) is 26.0 Å². The summed E-state index contributed by atoms with van der Waals surface area (Å²) >= 11 is 0. The van der Waals surface area contributed by atoms with Gasteiger partial charge in [-0.2, -0.15) is 0 Å². The third kappa shape index (κ3) is 2.80. The lowest BCUT2D eigenvalue weighted by molar-refractivity contribution is -0.0395. The summed E-state index contributed by atoms with van der Waals surface area (Å²) in [5.74, 6) is -2.47. The Bertz CT molecular complexity index is 108. The van der Waals surface area contributed by atoms with Crippen molar-refractivity contribution in [1.29, 1.82) is 0 Å². The lowest BCUT2D eigenvalue weighted by atomic mass is 9.93. The minimum Gasteiger partial charge on any atom is -0.327 e. The van der Waals surface area contributed by atoms with Gasteiger partial charge in [-0.25, -0.2) is 8.78 Å². The van der Waals surface area contributed by atoms with Crippen LogP contribution >= 0.6 is 12.4 Å². The molecule has 1 nitrogen and oxygen atoms in total. The highest BCUT2D eigenvalue weighted by atomic mass is 35.5. The first kappa shape index (κ1) is 10.1. The van der Waals surface area contributed by atoms with E-state index in [4.69, 9.17) is 5.73 Å². The van der Waals surface area contributed by atoms with Crippen molar-refractivity contribution in [2.75, 3.05) is 0 Å². The molecule has 0 unspecified atom stereocenters. The quantitative estimate of drug-likeness (QED) is 0.593. The molecule has 0 spiro atoms. The summed E-state index contributed by atoms with van der Waals surface area (Å²) in [6.07, 6.45) is 1.25. The van der Waals surface area contributed by atoms with Gasteiger partial charge in [0.15, 0.2) is 0 Å². The number of halogens is 3. The van der Waals surface area contributed by atoms with Crippen LogP contribution in [-0.2, 0) is 0 Å². The summed E-state index contributed by atoms with van der Waals surface area (Å²) in [4.78, 5) is 0. The van der Waals surface area contributed by atoms with Crippen LogP contribution in [0.1, 0.15) is 25.7 Å². The number of rotatable bonds is 0. The second kappa shape index (κ2) is 3.49. The summed E-state index contributed by atoms with van der Waals surface area (Å²) in [5, 5.41) is 0. The first-order chi connectivity index (χ1) is 4.10. The summed E-state index contributed by atoms with van der Waals surface area (Å²) in [5.41, 5.74) is 5.33. The summed E-state index contributed by atoms with van der Waals surface area (Å²) in [6, 6.07) is -0.270. The minimum absolute atomic E-state index is 0. The molecular weight excluding hydrogens is 160 g/mol. The maximum atomic E-state index is 12.4. The predicted molar refractivity (Wildman–Crippen MR) is 38.6 cm³/mol. The highest BCUT2D eigenvalue weighted by molar-refractivity contribution is 5.85. The van der Waals surface area contributed by atoms with E-state index in [0.29, 0.717) is 6.42 Å². The van der Waals surface area contributed by atoms with Crippen molar-refractivity contribution in [3.63, 3.8) is 0 Å². The van der Waals surface area contributed by atoms with Crippen LogP contribution in [0.25, 0.3) is 0 Å². The van der Waals surface area contributed by atoms with Crippen LogP contribution in [0.2, 0.25) is 0 Å². The molecule has 0 amide bonds. The minimum atomic E-state index is -2.47.